The number of rotatable bonds is 4. The molecule has 2 aromatic carbocycles. The van der Waals surface area contributed by atoms with Gasteiger partial charge in [0.2, 0.25) is 0 Å². The van der Waals surface area contributed by atoms with Crippen LogP contribution in [0.25, 0.3) is 0 Å². The van der Waals surface area contributed by atoms with Crippen LogP contribution >= 0.6 is 0 Å². The summed E-state index contributed by atoms with van der Waals surface area (Å²) in [5.41, 5.74) is 3.21. The summed E-state index contributed by atoms with van der Waals surface area (Å²) in [5.74, 6) is -0.206. The van der Waals surface area contributed by atoms with E-state index in [0.717, 1.165) is 16.8 Å². The van der Waals surface area contributed by atoms with Gasteiger partial charge in [-0.15, -0.1) is 0 Å². The number of benzene rings is 2. The van der Waals surface area contributed by atoms with Crippen molar-refractivity contribution in [1.29, 1.82) is 0 Å². The van der Waals surface area contributed by atoms with Crippen molar-refractivity contribution < 1.29 is 4.39 Å². The third-order valence-electron chi connectivity index (χ3n) is 3.21. The van der Waals surface area contributed by atoms with E-state index in [0.29, 0.717) is 0 Å². The van der Waals surface area contributed by atoms with E-state index in [1.807, 2.05) is 27.2 Å². The van der Waals surface area contributed by atoms with Crippen LogP contribution in [0, 0.1) is 5.82 Å². The molecule has 100 valence electrons. The summed E-state index contributed by atoms with van der Waals surface area (Å²) in [6, 6.07) is 15.0. The predicted octanol–water partition coefficient (Wildman–Crippen LogP) is 3.20. The first-order valence-electron chi connectivity index (χ1n) is 6.32. The molecule has 0 bridgehead atoms. The summed E-state index contributed by atoms with van der Waals surface area (Å²) >= 11 is 0. The van der Waals surface area contributed by atoms with E-state index in [1.54, 1.807) is 12.1 Å². The molecule has 0 aliphatic rings. The second-order valence-corrected chi connectivity index (χ2v) is 4.76. The average Bonchev–Trinajstić information content (AvgIpc) is 2.40. The van der Waals surface area contributed by atoms with E-state index >= 15 is 0 Å². The Bertz CT molecular complexity index is 535. The van der Waals surface area contributed by atoms with E-state index < -0.39 is 0 Å². The monoisotopic (exact) mass is 258 g/mol. The van der Waals surface area contributed by atoms with Gasteiger partial charge in [-0.2, -0.15) is 0 Å². The highest BCUT2D eigenvalue weighted by molar-refractivity contribution is 5.47. The zero-order chi connectivity index (χ0) is 13.8. The summed E-state index contributed by atoms with van der Waals surface area (Å²) in [6.07, 6.45) is 0. The van der Waals surface area contributed by atoms with Gasteiger partial charge in [-0.05, 0) is 42.4 Å². The normalized spacial score (nSPS) is 12.2. The lowest BCUT2D eigenvalue weighted by Gasteiger charge is -2.19. The maximum Gasteiger partial charge on any atom is 0.123 e. The van der Waals surface area contributed by atoms with Crippen molar-refractivity contribution in [3.05, 3.63) is 65.5 Å². The quantitative estimate of drug-likeness (QED) is 0.906. The Hall–Kier alpha value is -1.87. The Morgan fingerprint density at radius 2 is 1.68 bits per heavy atom. The van der Waals surface area contributed by atoms with Crippen LogP contribution in [0.1, 0.15) is 17.2 Å². The molecule has 0 aliphatic carbocycles. The van der Waals surface area contributed by atoms with Gasteiger partial charge in [0.25, 0.3) is 0 Å². The lowest BCUT2D eigenvalue weighted by atomic mass is 9.98. The lowest BCUT2D eigenvalue weighted by Crippen LogP contribution is -2.18. The van der Waals surface area contributed by atoms with Gasteiger partial charge in [-0.1, -0.05) is 24.3 Å². The maximum atomic E-state index is 13.3. The second kappa shape index (κ2) is 5.85. The number of nitrogens with one attached hydrogen (secondary N) is 1. The van der Waals surface area contributed by atoms with Crippen LogP contribution in [0.4, 0.5) is 10.1 Å². The highest BCUT2D eigenvalue weighted by Gasteiger charge is 2.12. The van der Waals surface area contributed by atoms with Crippen molar-refractivity contribution >= 4 is 5.69 Å². The van der Waals surface area contributed by atoms with Gasteiger partial charge >= 0.3 is 0 Å². The molecule has 0 fully saturated rings. The molecule has 1 N–H and O–H groups in total. The number of anilines is 1. The number of nitrogens with zero attached hydrogens (tertiary/aromatic N) is 1. The van der Waals surface area contributed by atoms with Crippen LogP contribution in [0.3, 0.4) is 0 Å². The molecule has 2 aromatic rings. The minimum atomic E-state index is -0.206. The molecule has 0 radical (unpaired) electrons. The van der Waals surface area contributed by atoms with Crippen LogP contribution in [-0.4, -0.2) is 21.1 Å². The Morgan fingerprint density at radius 1 is 1.00 bits per heavy atom. The molecule has 0 aromatic heterocycles. The molecule has 0 amide bonds. The third kappa shape index (κ3) is 3.12. The maximum absolute atomic E-state index is 13.3. The van der Waals surface area contributed by atoms with Gasteiger partial charge in [0, 0.05) is 19.8 Å². The number of halogens is 1. The van der Waals surface area contributed by atoms with E-state index in [-0.39, 0.29) is 11.9 Å². The van der Waals surface area contributed by atoms with Crippen LogP contribution in [0.5, 0.6) is 0 Å². The van der Waals surface area contributed by atoms with E-state index in [9.17, 15) is 4.39 Å². The van der Waals surface area contributed by atoms with E-state index in [4.69, 9.17) is 0 Å². The molecule has 0 saturated heterocycles. The zero-order valence-corrected chi connectivity index (χ0v) is 11.5. The standard InChI is InChI=1S/C16H19FN2/c1-18-16(13-5-4-6-14(17)11-13)12-7-9-15(10-8-12)19(2)3/h4-11,16,18H,1-3H3. The number of hydrogen-bond donors (Lipinski definition) is 1. The van der Waals surface area contributed by atoms with Crippen LogP contribution in [-0.2, 0) is 0 Å². The van der Waals surface area contributed by atoms with Gasteiger partial charge in [0.05, 0.1) is 6.04 Å². The highest BCUT2D eigenvalue weighted by atomic mass is 19.1. The number of hydrogen-bond acceptors (Lipinski definition) is 2. The summed E-state index contributed by atoms with van der Waals surface area (Å²) in [7, 11) is 5.91. The Balaban J connectivity index is 2.31. The SMILES string of the molecule is CNC(c1ccc(N(C)C)cc1)c1cccc(F)c1. The zero-order valence-electron chi connectivity index (χ0n) is 11.5. The summed E-state index contributed by atoms with van der Waals surface area (Å²) in [4.78, 5) is 2.06. The fraction of sp³-hybridized carbons (Fsp3) is 0.250. The first-order valence-corrected chi connectivity index (χ1v) is 6.32. The summed E-state index contributed by atoms with van der Waals surface area (Å²) in [5, 5.41) is 3.23. The molecule has 1 unspecified atom stereocenters. The van der Waals surface area contributed by atoms with E-state index in [2.05, 4.69) is 34.5 Å². The smallest absolute Gasteiger partial charge is 0.123 e. The first kappa shape index (κ1) is 13.6. The van der Waals surface area contributed by atoms with Gasteiger partial charge in [0.1, 0.15) is 5.82 Å². The molecule has 2 nitrogen and oxygen atoms in total. The predicted molar refractivity (Wildman–Crippen MR) is 78.1 cm³/mol. The molecule has 0 aliphatic heterocycles. The van der Waals surface area contributed by atoms with Crippen molar-refractivity contribution in [3.8, 4) is 0 Å². The summed E-state index contributed by atoms with van der Waals surface area (Å²) < 4.78 is 13.3. The van der Waals surface area contributed by atoms with Gasteiger partial charge in [-0.25, -0.2) is 4.39 Å². The fourth-order valence-corrected chi connectivity index (χ4v) is 2.18. The third-order valence-corrected chi connectivity index (χ3v) is 3.21. The van der Waals surface area contributed by atoms with Crippen LogP contribution < -0.4 is 10.2 Å². The fourth-order valence-electron chi connectivity index (χ4n) is 2.18. The lowest BCUT2D eigenvalue weighted by molar-refractivity contribution is 0.617. The van der Waals surface area contributed by atoms with Crippen molar-refractivity contribution in [2.45, 2.75) is 6.04 Å². The van der Waals surface area contributed by atoms with Gasteiger partial charge in [-0.3, -0.25) is 0 Å². The molecule has 3 heteroatoms. The van der Waals surface area contributed by atoms with E-state index in [1.165, 1.54) is 6.07 Å². The second-order valence-electron chi connectivity index (χ2n) is 4.76. The molecular formula is C16H19FN2. The Labute approximate surface area is 113 Å². The molecule has 1 atom stereocenters. The summed E-state index contributed by atoms with van der Waals surface area (Å²) in [6.45, 7) is 0. The Kier molecular flexibility index (Phi) is 4.17. The van der Waals surface area contributed by atoms with Crippen molar-refractivity contribution in [2.75, 3.05) is 26.0 Å². The van der Waals surface area contributed by atoms with Gasteiger partial charge < -0.3 is 10.2 Å². The average molecular weight is 258 g/mol. The largest absolute Gasteiger partial charge is 0.378 e. The molecule has 19 heavy (non-hydrogen) atoms. The highest BCUT2D eigenvalue weighted by Crippen LogP contribution is 2.24. The van der Waals surface area contributed by atoms with Crippen LogP contribution in [0.2, 0.25) is 0 Å². The molecule has 2 rings (SSSR count). The van der Waals surface area contributed by atoms with Crippen LogP contribution in [0.15, 0.2) is 48.5 Å². The topological polar surface area (TPSA) is 15.3 Å². The molecular weight excluding hydrogens is 239 g/mol. The van der Waals surface area contributed by atoms with Crippen molar-refractivity contribution in [1.82, 2.24) is 5.32 Å². The Morgan fingerprint density at radius 3 is 2.21 bits per heavy atom. The minimum absolute atomic E-state index is 0.00640. The molecule has 0 spiro atoms. The molecule has 0 heterocycles. The minimum Gasteiger partial charge on any atom is -0.378 e. The van der Waals surface area contributed by atoms with Crippen molar-refractivity contribution in [3.63, 3.8) is 0 Å². The van der Waals surface area contributed by atoms with Gasteiger partial charge in [0.15, 0.2) is 0 Å². The van der Waals surface area contributed by atoms with Crippen molar-refractivity contribution in [2.24, 2.45) is 0 Å². The first-order chi connectivity index (χ1) is 9.11. The molecule has 0 saturated carbocycles.